The summed E-state index contributed by atoms with van der Waals surface area (Å²) in [7, 11) is -2.33. The zero-order valence-electron chi connectivity index (χ0n) is 14.9. The van der Waals surface area contributed by atoms with Gasteiger partial charge in [0.2, 0.25) is 0 Å². The molecule has 2 aromatic heterocycles. The number of fused-ring (bicyclic) bond motifs is 1. The summed E-state index contributed by atoms with van der Waals surface area (Å²) in [4.78, 5) is 29.2. The van der Waals surface area contributed by atoms with Gasteiger partial charge in [0.05, 0.1) is 34.2 Å². The molecule has 148 valence electrons. The van der Waals surface area contributed by atoms with Gasteiger partial charge in [0.15, 0.2) is 0 Å². The third-order valence-electron chi connectivity index (χ3n) is 4.89. The number of nitrogens with zero attached hydrogens (tertiary/aromatic N) is 4. The Morgan fingerprint density at radius 2 is 2.14 bits per heavy atom. The summed E-state index contributed by atoms with van der Waals surface area (Å²) in [6, 6.07) is 5.69. The Kier molecular flexibility index (Phi) is 6.01. The number of halogens is 2. The summed E-state index contributed by atoms with van der Waals surface area (Å²) in [5, 5.41) is 1.77. The minimum atomic E-state index is -2.33. The van der Waals surface area contributed by atoms with Crippen LogP contribution in [-0.2, 0) is 4.52 Å². The van der Waals surface area contributed by atoms with Crippen LogP contribution in [0.4, 0.5) is 5.82 Å². The van der Waals surface area contributed by atoms with Gasteiger partial charge in [0.25, 0.3) is 0 Å². The molecule has 1 aliphatic rings. The molecule has 0 radical (unpaired) electrons. The quantitative estimate of drug-likeness (QED) is 0.579. The number of rotatable bonds is 5. The van der Waals surface area contributed by atoms with Gasteiger partial charge in [0, 0.05) is 42.9 Å². The van der Waals surface area contributed by atoms with Crippen LogP contribution in [0.25, 0.3) is 16.6 Å². The molecule has 0 spiro atoms. The van der Waals surface area contributed by atoms with Crippen LogP contribution in [0.15, 0.2) is 36.9 Å². The first kappa shape index (κ1) is 19.8. The number of hydrogen-bond donors (Lipinski definition) is 2. The second kappa shape index (κ2) is 8.49. The lowest BCUT2D eigenvalue weighted by Gasteiger charge is -2.34. The summed E-state index contributed by atoms with van der Waals surface area (Å²) >= 11 is 12.7. The van der Waals surface area contributed by atoms with E-state index in [1.54, 1.807) is 18.6 Å². The van der Waals surface area contributed by atoms with Crippen LogP contribution in [-0.4, -0.2) is 44.0 Å². The highest BCUT2D eigenvalue weighted by atomic mass is 35.5. The highest BCUT2D eigenvalue weighted by Crippen LogP contribution is 2.36. The van der Waals surface area contributed by atoms with Crippen molar-refractivity contribution in [2.24, 2.45) is 5.92 Å². The van der Waals surface area contributed by atoms with E-state index in [2.05, 4.69) is 9.88 Å². The molecule has 0 amide bonds. The van der Waals surface area contributed by atoms with Crippen LogP contribution in [0.2, 0.25) is 10.0 Å². The molecule has 1 unspecified atom stereocenters. The van der Waals surface area contributed by atoms with Crippen LogP contribution in [0.5, 0.6) is 0 Å². The van der Waals surface area contributed by atoms with Crippen molar-refractivity contribution in [2.75, 3.05) is 24.6 Å². The molecule has 2 N–H and O–H groups in total. The van der Waals surface area contributed by atoms with Crippen molar-refractivity contribution < 1.29 is 14.3 Å². The molecule has 3 heterocycles. The van der Waals surface area contributed by atoms with Gasteiger partial charge in [-0.3, -0.25) is 0 Å². The van der Waals surface area contributed by atoms with Gasteiger partial charge < -0.3 is 23.8 Å². The molecule has 10 heteroatoms. The number of benzene rings is 1. The fourth-order valence-corrected chi connectivity index (χ4v) is 4.26. The minimum Gasteiger partial charge on any atom is -0.356 e. The van der Waals surface area contributed by atoms with Crippen molar-refractivity contribution in [1.29, 1.82) is 0 Å². The van der Waals surface area contributed by atoms with E-state index >= 15 is 0 Å². The Morgan fingerprint density at radius 3 is 2.89 bits per heavy atom. The number of pyridine rings is 1. The van der Waals surface area contributed by atoms with E-state index in [1.807, 2.05) is 22.9 Å². The maximum atomic E-state index is 9.02. The Bertz CT molecular complexity index is 971. The number of aromatic nitrogens is 3. The zero-order chi connectivity index (χ0) is 19.7. The molecule has 28 heavy (non-hydrogen) atoms. The average Bonchev–Trinajstić information content (AvgIpc) is 3.23. The number of piperidine rings is 1. The monoisotopic (exact) mass is 440 g/mol. The van der Waals surface area contributed by atoms with Gasteiger partial charge in [-0.2, -0.15) is 0 Å². The molecule has 0 saturated carbocycles. The van der Waals surface area contributed by atoms with Gasteiger partial charge in [-0.25, -0.2) is 9.97 Å². The van der Waals surface area contributed by atoms with Crippen molar-refractivity contribution in [3.63, 3.8) is 0 Å². The molecule has 0 aliphatic carbocycles. The van der Waals surface area contributed by atoms with E-state index in [9.17, 15) is 0 Å². The van der Waals surface area contributed by atoms with Gasteiger partial charge in [-0.1, -0.05) is 23.2 Å². The molecule has 1 aromatic carbocycles. The molecular formula is C18H19Cl2N4O3P. The molecule has 7 nitrogen and oxygen atoms in total. The van der Waals surface area contributed by atoms with Crippen LogP contribution in [0, 0.1) is 5.92 Å². The SMILES string of the molecule is OP(O)OCC1CCCN(c2cc(-n3ccnc3)c3ccc(Cl)c(Cl)c3n2)C1. The second-order valence-electron chi connectivity index (χ2n) is 6.73. The fraction of sp³-hybridized carbons (Fsp3) is 0.333. The maximum absolute atomic E-state index is 9.02. The maximum Gasteiger partial charge on any atom is 0.327 e. The van der Waals surface area contributed by atoms with E-state index < -0.39 is 8.60 Å². The van der Waals surface area contributed by atoms with Crippen molar-refractivity contribution in [3.05, 3.63) is 47.0 Å². The summed E-state index contributed by atoms with van der Waals surface area (Å²) in [6.07, 6.45) is 7.26. The third-order valence-corrected chi connectivity index (χ3v) is 6.06. The van der Waals surface area contributed by atoms with Crippen LogP contribution < -0.4 is 4.90 Å². The second-order valence-corrected chi connectivity index (χ2v) is 8.28. The first-order chi connectivity index (χ1) is 13.5. The molecule has 0 bridgehead atoms. The smallest absolute Gasteiger partial charge is 0.327 e. The Labute approximate surface area is 173 Å². The summed E-state index contributed by atoms with van der Waals surface area (Å²) < 4.78 is 6.95. The van der Waals surface area contributed by atoms with Gasteiger partial charge in [0.1, 0.15) is 5.82 Å². The lowest BCUT2D eigenvalue weighted by molar-refractivity contribution is 0.198. The highest BCUT2D eigenvalue weighted by molar-refractivity contribution is 7.39. The summed E-state index contributed by atoms with van der Waals surface area (Å²) in [5.74, 6) is 0.988. The molecule has 1 atom stereocenters. The van der Waals surface area contributed by atoms with Gasteiger partial charge in [-0.05, 0) is 25.0 Å². The van der Waals surface area contributed by atoms with Crippen LogP contribution in [0.3, 0.4) is 0 Å². The van der Waals surface area contributed by atoms with E-state index in [0.717, 1.165) is 36.3 Å². The third kappa shape index (κ3) is 4.10. The van der Waals surface area contributed by atoms with E-state index in [1.165, 1.54) is 0 Å². The standard InChI is InChI=1S/C18H19Cl2N4O3P/c19-14-4-3-13-15(24-7-5-21-11-24)8-16(22-18(13)17(14)20)23-6-1-2-12(9-23)10-27-28(25)26/h3-5,7-8,11-12,25-26H,1-2,6,9-10H2. The van der Waals surface area contributed by atoms with Gasteiger partial charge >= 0.3 is 8.60 Å². The number of imidazole rings is 1. The van der Waals surface area contributed by atoms with Crippen LogP contribution >= 0.6 is 31.8 Å². The van der Waals surface area contributed by atoms with Crippen molar-refractivity contribution in [1.82, 2.24) is 14.5 Å². The van der Waals surface area contributed by atoms with Crippen molar-refractivity contribution in [3.8, 4) is 5.69 Å². The molecule has 1 saturated heterocycles. The van der Waals surface area contributed by atoms with E-state index in [4.69, 9.17) is 42.5 Å². The van der Waals surface area contributed by atoms with Crippen molar-refractivity contribution >= 4 is 48.5 Å². The van der Waals surface area contributed by atoms with E-state index in [-0.39, 0.29) is 5.92 Å². The number of hydrogen-bond acceptors (Lipinski definition) is 6. The Morgan fingerprint density at radius 1 is 1.29 bits per heavy atom. The van der Waals surface area contributed by atoms with Crippen LogP contribution in [0.1, 0.15) is 12.8 Å². The lowest BCUT2D eigenvalue weighted by atomic mass is 9.99. The zero-order valence-corrected chi connectivity index (χ0v) is 17.3. The Hall–Kier alpha value is -1.47. The molecular weight excluding hydrogens is 422 g/mol. The molecule has 1 fully saturated rings. The topological polar surface area (TPSA) is 83.6 Å². The average molecular weight is 441 g/mol. The van der Waals surface area contributed by atoms with E-state index in [0.29, 0.717) is 28.7 Å². The Balaban J connectivity index is 1.74. The predicted octanol–water partition coefficient (Wildman–Crippen LogP) is 4.17. The van der Waals surface area contributed by atoms with Crippen molar-refractivity contribution in [2.45, 2.75) is 12.8 Å². The van der Waals surface area contributed by atoms with Gasteiger partial charge in [-0.15, -0.1) is 0 Å². The number of anilines is 1. The lowest BCUT2D eigenvalue weighted by Crippen LogP contribution is -2.37. The fourth-order valence-electron chi connectivity index (χ4n) is 3.56. The summed E-state index contributed by atoms with van der Waals surface area (Å²) in [5.41, 5.74) is 1.56. The largest absolute Gasteiger partial charge is 0.356 e. The molecule has 3 aromatic rings. The summed E-state index contributed by atoms with van der Waals surface area (Å²) in [6.45, 7) is 1.87. The first-order valence-corrected chi connectivity index (χ1v) is 10.8. The first-order valence-electron chi connectivity index (χ1n) is 8.86. The normalized spacial score (nSPS) is 17.6. The highest BCUT2D eigenvalue weighted by Gasteiger charge is 2.24. The minimum absolute atomic E-state index is 0.196. The predicted molar refractivity (Wildman–Crippen MR) is 111 cm³/mol. The molecule has 4 rings (SSSR count). The molecule has 1 aliphatic heterocycles.